The highest BCUT2D eigenvalue weighted by atomic mass is 16.3. The SMILES string of the molecule is CC(=O)C1=C(C)N(c2ccccc2)C2(O)C=CC(=O)C3C(=O)N(c4ccccc4)C(=O)C132. The molecule has 0 bridgehead atoms. The molecule has 1 saturated heterocycles. The summed E-state index contributed by atoms with van der Waals surface area (Å²) in [5.74, 6) is -4.19. The minimum absolute atomic E-state index is 0.0247. The van der Waals surface area contributed by atoms with Crippen LogP contribution in [0, 0.1) is 11.3 Å². The maximum Gasteiger partial charge on any atom is 0.251 e. The van der Waals surface area contributed by atoms with Gasteiger partial charge in [0.15, 0.2) is 22.7 Å². The molecule has 0 saturated carbocycles. The number of nitrogens with zero attached hydrogens (tertiary/aromatic N) is 2. The number of amides is 2. The van der Waals surface area contributed by atoms with Crippen LogP contribution >= 0.6 is 0 Å². The average Bonchev–Trinajstić information content (AvgIpc) is 3.14. The zero-order chi connectivity index (χ0) is 22.8. The number of para-hydroxylation sites is 2. The van der Waals surface area contributed by atoms with Gasteiger partial charge in [-0.05, 0) is 50.3 Å². The normalized spacial score (nSPS) is 29.0. The minimum Gasteiger partial charge on any atom is -0.366 e. The number of Topliss-reactive ketones (excluding diaryl/α,β-unsaturated/α-hetero) is 1. The van der Waals surface area contributed by atoms with Gasteiger partial charge in [-0.25, -0.2) is 4.90 Å². The molecule has 2 aromatic rings. The van der Waals surface area contributed by atoms with Crippen LogP contribution in [0.1, 0.15) is 13.8 Å². The number of imide groups is 1. The first-order valence-electron chi connectivity index (χ1n) is 10.2. The van der Waals surface area contributed by atoms with E-state index in [0.29, 0.717) is 11.4 Å². The van der Waals surface area contributed by atoms with Crippen LogP contribution in [0.3, 0.4) is 0 Å². The molecular formula is C25H20N2O5. The van der Waals surface area contributed by atoms with Crippen LogP contribution in [0.2, 0.25) is 0 Å². The summed E-state index contributed by atoms with van der Waals surface area (Å²) in [5.41, 5.74) is -3.10. The number of benzene rings is 2. The third-order valence-electron chi connectivity index (χ3n) is 6.60. The Morgan fingerprint density at radius 2 is 1.50 bits per heavy atom. The summed E-state index contributed by atoms with van der Waals surface area (Å²) < 4.78 is 0. The van der Waals surface area contributed by atoms with E-state index in [-0.39, 0.29) is 11.3 Å². The molecule has 0 radical (unpaired) electrons. The number of ketones is 2. The highest BCUT2D eigenvalue weighted by Crippen LogP contribution is 2.62. The van der Waals surface area contributed by atoms with E-state index in [1.165, 1.54) is 17.9 Å². The first-order valence-corrected chi connectivity index (χ1v) is 10.2. The molecule has 0 aromatic heterocycles. The number of aliphatic hydroxyl groups is 1. The summed E-state index contributed by atoms with van der Waals surface area (Å²) in [6, 6.07) is 17.0. The number of hydrogen-bond acceptors (Lipinski definition) is 6. The lowest BCUT2D eigenvalue weighted by atomic mass is 9.61. The molecule has 7 heteroatoms. The van der Waals surface area contributed by atoms with Crippen molar-refractivity contribution in [2.24, 2.45) is 11.3 Å². The molecule has 3 atom stereocenters. The van der Waals surface area contributed by atoms with Gasteiger partial charge in [0.05, 0.1) is 5.69 Å². The number of carbonyl (C=O) groups excluding carboxylic acids is 4. The van der Waals surface area contributed by atoms with Crippen LogP contribution in [0.25, 0.3) is 0 Å². The molecule has 2 aromatic carbocycles. The van der Waals surface area contributed by atoms with Gasteiger partial charge in [-0.3, -0.25) is 19.2 Å². The summed E-state index contributed by atoms with van der Waals surface area (Å²) in [5, 5.41) is 12.1. The molecule has 1 aliphatic carbocycles. The highest BCUT2D eigenvalue weighted by molar-refractivity contribution is 6.35. The fourth-order valence-electron chi connectivity index (χ4n) is 5.51. The van der Waals surface area contributed by atoms with Gasteiger partial charge in [0, 0.05) is 17.0 Å². The Labute approximate surface area is 184 Å². The summed E-state index contributed by atoms with van der Waals surface area (Å²) >= 11 is 0. The van der Waals surface area contributed by atoms with Gasteiger partial charge in [0.2, 0.25) is 5.91 Å². The van der Waals surface area contributed by atoms with Gasteiger partial charge in [-0.15, -0.1) is 0 Å². The van der Waals surface area contributed by atoms with Crippen molar-refractivity contribution in [2.75, 3.05) is 9.80 Å². The second-order valence-electron chi connectivity index (χ2n) is 8.20. The van der Waals surface area contributed by atoms with Gasteiger partial charge in [-0.2, -0.15) is 0 Å². The van der Waals surface area contributed by atoms with Crippen LogP contribution in [0.4, 0.5) is 11.4 Å². The molecule has 160 valence electrons. The maximum absolute atomic E-state index is 14.1. The topological polar surface area (TPSA) is 95.0 Å². The molecule has 2 aliphatic heterocycles. The van der Waals surface area contributed by atoms with Crippen molar-refractivity contribution in [1.82, 2.24) is 0 Å². The second kappa shape index (κ2) is 6.58. The molecule has 3 aliphatic rings. The second-order valence-corrected chi connectivity index (χ2v) is 8.20. The van der Waals surface area contributed by atoms with E-state index in [9.17, 15) is 24.3 Å². The lowest BCUT2D eigenvalue weighted by molar-refractivity contribution is -0.147. The fraction of sp³-hybridized carbons (Fsp3) is 0.200. The van der Waals surface area contributed by atoms with E-state index in [0.717, 1.165) is 11.0 Å². The lowest BCUT2D eigenvalue weighted by Crippen LogP contribution is -2.63. The van der Waals surface area contributed by atoms with Crippen LogP contribution in [-0.4, -0.2) is 34.2 Å². The lowest BCUT2D eigenvalue weighted by Gasteiger charge is -2.46. The molecule has 5 rings (SSSR count). The third kappa shape index (κ3) is 2.18. The molecular weight excluding hydrogens is 408 g/mol. The number of allylic oxidation sites excluding steroid dienone is 2. The predicted molar refractivity (Wildman–Crippen MR) is 116 cm³/mol. The van der Waals surface area contributed by atoms with Gasteiger partial charge < -0.3 is 10.0 Å². The van der Waals surface area contributed by atoms with E-state index >= 15 is 0 Å². The first kappa shape index (κ1) is 20.1. The van der Waals surface area contributed by atoms with Gasteiger partial charge in [-0.1, -0.05) is 36.4 Å². The highest BCUT2D eigenvalue weighted by Gasteiger charge is 2.78. The Kier molecular flexibility index (Phi) is 4.13. The molecule has 2 amide bonds. The van der Waals surface area contributed by atoms with E-state index in [1.807, 2.05) is 0 Å². The maximum atomic E-state index is 14.1. The third-order valence-corrected chi connectivity index (χ3v) is 6.60. The number of rotatable bonds is 3. The summed E-state index contributed by atoms with van der Waals surface area (Å²) in [6.07, 6.45) is 2.37. The molecule has 32 heavy (non-hydrogen) atoms. The first-order chi connectivity index (χ1) is 15.3. The standard InChI is InChI=1S/C25H20N2O5/c1-15-20(16(2)28)25-21(22(30)26(23(25)31)17-9-5-3-6-10-17)19(29)13-14-24(25,32)27(15)18-11-7-4-8-12-18/h3-14,21,32H,1-2H3. The number of anilines is 2. The van der Waals surface area contributed by atoms with Crippen molar-refractivity contribution in [3.8, 4) is 0 Å². The van der Waals surface area contributed by atoms with E-state index in [2.05, 4.69) is 0 Å². The van der Waals surface area contributed by atoms with Crippen LogP contribution < -0.4 is 9.80 Å². The number of carbonyl (C=O) groups is 4. The Balaban J connectivity index is 1.85. The summed E-state index contributed by atoms with van der Waals surface area (Å²) in [7, 11) is 0. The van der Waals surface area contributed by atoms with Crippen molar-refractivity contribution in [3.63, 3.8) is 0 Å². The zero-order valence-electron chi connectivity index (χ0n) is 17.5. The van der Waals surface area contributed by atoms with Crippen LogP contribution in [0.5, 0.6) is 0 Å². The largest absolute Gasteiger partial charge is 0.366 e. The smallest absolute Gasteiger partial charge is 0.251 e. The summed E-state index contributed by atoms with van der Waals surface area (Å²) in [4.78, 5) is 56.0. The number of hydrogen-bond donors (Lipinski definition) is 1. The van der Waals surface area contributed by atoms with E-state index < -0.39 is 40.4 Å². The monoisotopic (exact) mass is 428 g/mol. The Hall–Kier alpha value is -3.84. The zero-order valence-corrected chi connectivity index (χ0v) is 17.5. The van der Waals surface area contributed by atoms with Crippen molar-refractivity contribution in [1.29, 1.82) is 0 Å². The molecule has 7 nitrogen and oxygen atoms in total. The Morgan fingerprint density at radius 3 is 2.06 bits per heavy atom. The average molecular weight is 428 g/mol. The van der Waals surface area contributed by atoms with Gasteiger partial charge in [0.1, 0.15) is 5.92 Å². The molecule has 1 fully saturated rings. The van der Waals surface area contributed by atoms with Crippen molar-refractivity contribution >= 4 is 34.8 Å². The Morgan fingerprint density at radius 1 is 0.938 bits per heavy atom. The predicted octanol–water partition coefficient (Wildman–Crippen LogP) is 2.37. The van der Waals surface area contributed by atoms with Crippen molar-refractivity contribution in [3.05, 3.63) is 84.1 Å². The van der Waals surface area contributed by atoms with Gasteiger partial charge >= 0.3 is 0 Å². The summed E-state index contributed by atoms with van der Waals surface area (Å²) in [6.45, 7) is 2.90. The van der Waals surface area contributed by atoms with Crippen LogP contribution in [-0.2, 0) is 19.2 Å². The van der Waals surface area contributed by atoms with E-state index in [4.69, 9.17) is 0 Å². The van der Waals surface area contributed by atoms with E-state index in [1.54, 1.807) is 67.6 Å². The Bertz CT molecular complexity index is 1250. The fourth-order valence-corrected chi connectivity index (χ4v) is 5.51. The van der Waals surface area contributed by atoms with Crippen LogP contribution in [0.15, 0.2) is 84.1 Å². The molecule has 1 N–H and O–H groups in total. The molecule has 2 heterocycles. The van der Waals surface area contributed by atoms with Crippen molar-refractivity contribution < 1.29 is 24.3 Å². The quantitative estimate of drug-likeness (QED) is 0.596. The minimum atomic E-state index is -2.12. The van der Waals surface area contributed by atoms with Gasteiger partial charge in [0.25, 0.3) is 5.91 Å². The van der Waals surface area contributed by atoms with Crippen molar-refractivity contribution in [2.45, 2.75) is 19.6 Å². The molecule has 3 unspecified atom stereocenters. The molecule has 1 spiro atoms.